The normalized spacial score (nSPS) is 21.5. The Hall–Kier alpha value is -2.48. The van der Waals surface area contributed by atoms with Gasteiger partial charge in [0.15, 0.2) is 0 Å². The second kappa shape index (κ2) is 5.86. The van der Waals surface area contributed by atoms with Gasteiger partial charge in [0.05, 0.1) is 7.11 Å². The molecule has 2 N–H and O–H groups in total. The molecule has 8 nitrogen and oxygen atoms in total. The van der Waals surface area contributed by atoms with Crippen molar-refractivity contribution >= 4 is 11.6 Å². The Morgan fingerprint density at radius 3 is 2.96 bits per heavy atom. The van der Waals surface area contributed by atoms with Gasteiger partial charge in [0, 0.05) is 11.6 Å². The van der Waals surface area contributed by atoms with Gasteiger partial charge in [0.25, 0.3) is 0 Å². The number of ether oxygens (including phenoxy) is 1. The molecule has 2 aliphatic rings. The highest BCUT2D eigenvalue weighted by Gasteiger charge is 2.57. The van der Waals surface area contributed by atoms with Gasteiger partial charge in [-0.15, -0.1) is 5.10 Å². The maximum absolute atomic E-state index is 12.6. The van der Waals surface area contributed by atoms with Crippen LogP contribution >= 0.6 is 0 Å². The van der Waals surface area contributed by atoms with Crippen LogP contribution in [0.2, 0.25) is 0 Å². The summed E-state index contributed by atoms with van der Waals surface area (Å²) in [5.74, 6) is 0.865. The molecular formula is C16H20N6O2. The number of carbonyl (C=O) groups excluding carboxylic acids is 1. The summed E-state index contributed by atoms with van der Waals surface area (Å²) in [6.07, 6.45) is 4.66. The van der Waals surface area contributed by atoms with Crippen molar-refractivity contribution in [3.8, 4) is 11.4 Å². The smallest absolute Gasteiger partial charge is 0.228 e. The van der Waals surface area contributed by atoms with Crippen LogP contribution < -0.4 is 15.4 Å². The van der Waals surface area contributed by atoms with Gasteiger partial charge in [0.2, 0.25) is 5.91 Å². The summed E-state index contributed by atoms with van der Waals surface area (Å²) in [6, 6.07) is 5.46. The lowest BCUT2D eigenvalue weighted by Crippen LogP contribution is -2.31. The Kier molecular flexibility index (Phi) is 3.68. The van der Waals surface area contributed by atoms with Crippen LogP contribution in [-0.4, -0.2) is 46.3 Å². The molecule has 2 heterocycles. The van der Waals surface area contributed by atoms with Gasteiger partial charge in [-0.2, -0.15) is 4.68 Å². The number of carbonyl (C=O) groups is 1. The second-order valence-electron chi connectivity index (χ2n) is 6.50. The molecule has 0 radical (unpaired) electrons. The molecule has 1 aromatic heterocycles. The number of hydrogen-bond donors (Lipinski definition) is 2. The molecule has 1 aromatic carbocycles. The van der Waals surface area contributed by atoms with Gasteiger partial charge in [-0.05, 0) is 66.4 Å². The van der Waals surface area contributed by atoms with E-state index in [1.807, 2.05) is 12.1 Å². The number of tetrazole rings is 1. The van der Waals surface area contributed by atoms with E-state index >= 15 is 0 Å². The number of anilines is 1. The third kappa shape index (κ3) is 2.62. The molecule has 1 aliphatic carbocycles. The highest BCUT2D eigenvalue weighted by Crippen LogP contribution is 2.58. The summed E-state index contributed by atoms with van der Waals surface area (Å²) in [5.41, 5.74) is 1.63. The van der Waals surface area contributed by atoms with Crippen LogP contribution in [-0.2, 0) is 4.79 Å². The van der Waals surface area contributed by atoms with Gasteiger partial charge >= 0.3 is 0 Å². The van der Waals surface area contributed by atoms with E-state index in [9.17, 15) is 4.79 Å². The van der Waals surface area contributed by atoms with Crippen molar-refractivity contribution in [3.63, 3.8) is 0 Å². The lowest BCUT2D eigenvalue weighted by molar-refractivity contribution is -0.118. The lowest BCUT2D eigenvalue weighted by Gasteiger charge is -2.23. The van der Waals surface area contributed by atoms with Crippen molar-refractivity contribution in [2.24, 2.45) is 11.3 Å². The van der Waals surface area contributed by atoms with E-state index in [4.69, 9.17) is 4.74 Å². The topological polar surface area (TPSA) is 94.0 Å². The number of nitrogens with one attached hydrogen (secondary N) is 2. The Morgan fingerprint density at radius 1 is 1.42 bits per heavy atom. The maximum Gasteiger partial charge on any atom is 0.228 e. The molecule has 2 aromatic rings. The minimum atomic E-state index is 0.102. The first-order valence-corrected chi connectivity index (χ1v) is 8.15. The number of nitrogens with zero attached hydrogens (tertiary/aromatic N) is 4. The standard InChI is InChI=1S/C16H20N6O2/c1-24-14-3-2-11(8-13(14)22-10-18-20-21-22)19-15(23)12-9-16(12)4-6-17-7-5-16/h2-3,8,10,12,17H,4-7,9H2,1H3,(H,19,23). The van der Waals surface area contributed by atoms with Crippen LogP contribution in [0.3, 0.4) is 0 Å². The average molecular weight is 328 g/mol. The summed E-state index contributed by atoms with van der Waals surface area (Å²) in [6.45, 7) is 2.02. The van der Waals surface area contributed by atoms with Crippen molar-refractivity contribution in [3.05, 3.63) is 24.5 Å². The van der Waals surface area contributed by atoms with Gasteiger partial charge in [-0.3, -0.25) is 4.79 Å². The lowest BCUT2D eigenvalue weighted by atomic mass is 9.92. The van der Waals surface area contributed by atoms with E-state index in [-0.39, 0.29) is 17.2 Å². The minimum Gasteiger partial charge on any atom is -0.494 e. The van der Waals surface area contributed by atoms with E-state index in [0.717, 1.165) is 38.0 Å². The molecule has 1 amide bonds. The number of hydrogen-bond acceptors (Lipinski definition) is 6. The number of benzene rings is 1. The van der Waals surface area contributed by atoms with E-state index in [1.165, 1.54) is 11.0 Å². The fourth-order valence-corrected chi connectivity index (χ4v) is 3.64. The predicted octanol–water partition coefficient (Wildman–Crippen LogP) is 0.999. The van der Waals surface area contributed by atoms with Crippen LogP contribution in [0, 0.1) is 11.3 Å². The molecule has 0 bridgehead atoms. The van der Waals surface area contributed by atoms with Crippen LogP contribution in [0.15, 0.2) is 24.5 Å². The molecule has 8 heteroatoms. The molecule has 1 spiro atoms. The van der Waals surface area contributed by atoms with Crippen molar-refractivity contribution in [1.82, 2.24) is 25.5 Å². The number of methoxy groups -OCH3 is 1. The predicted molar refractivity (Wildman–Crippen MR) is 87.0 cm³/mol. The minimum absolute atomic E-state index is 0.102. The number of rotatable bonds is 4. The zero-order chi connectivity index (χ0) is 16.6. The van der Waals surface area contributed by atoms with Crippen molar-refractivity contribution in [1.29, 1.82) is 0 Å². The zero-order valence-corrected chi connectivity index (χ0v) is 13.5. The first kappa shape index (κ1) is 15.1. The molecule has 1 saturated carbocycles. The van der Waals surface area contributed by atoms with Crippen LogP contribution in [0.5, 0.6) is 5.75 Å². The summed E-state index contributed by atoms with van der Waals surface area (Å²) >= 11 is 0. The van der Waals surface area contributed by atoms with Crippen molar-refractivity contribution in [2.75, 3.05) is 25.5 Å². The quantitative estimate of drug-likeness (QED) is 0.869. The maximum atomic E-state index is 12.6. The number of aromatic nitrogens is 4. The molecule has 2 fully saturated rings. The van der Waals surface area contributed by atoms with Gasteiger partial charge in [-0.25, -0.2) is 0 Å². The highest BCUT2D eigenvalue weighted by molar-refractivity contribution is 5.95. The zero-order valence-electron chi connectivity index (χ0n) is 13.5. The van der Waals surface area contributed by atoms with E-state index in [2.05, 4.69) is 26.2 Å². The third-order valence-corrected chi connectivity index (χ3v) is 5.15. The van der Waals surface area contributed by atoms with E-state index < -0.39 is 0 Å². The largest absolute Gasteiger partial charge is 0.494 e. The van der Waals surface area contributed by atoms with Crippen LogP contribution in [0.1, 0.15) is 19.3 Å². The first-order valence-electron chi connectivity index (χ1n) is 8.15. The molecule has 1 unspecified atom stereocenters. The van der Waals surface area contributed by atoms with Crippen LogP contribution in [0.25, 0.3) is 5.69 Å². The van der Waals surface area contributed by atoms with E-state index in [0.29, 0.717) is 11.4 Å². The summed E-state index contributed by atoms with van der Waals surface area (Å²) in [4.78, 5) is 12.6. The first-order chi connectivity index (χ1) is 11.7. The second-order valence-corrected chi connectivity index (χ2v) is 6.50. The molecule has 1 saturated heterocycles. The number of amides is 1. The number of piperidine rings is 1. The Balaban J connectivity index is 1.51. The summed E-state index contributed by atoms with van der Waals surface area (Å²) in [5, 5.41) is 17.6. The highest BCUT2D eigenvalue weighted by atomic mass is 16.5. The van der Waals surface area contributed by atoms with E-state index in [1.54, 1.807) is 13.2 Å². The summed E-state index contributed by atoms with van der Waals surface area (Å²) in [7, 11) is 1.59. The molecule has 1 aliphatic heterocycles. The monoisotopic (exact) mass is 328 g/mol. The molecule has 1 atom stereocenters. The average Bonchev–Trinajstić information content (AvgIpc) is 3.05. The molecular weight excluding hydrogens is 308 g/mol. The SMILES string of the molecule is COc1ccc(NC(=O)C2CC23CCNCC3)cc1-n1cnnn1. The fraction of sp³-hybridized carbons (Fsp3) is 0.500. The van der Waals surface area contributed by atoms with Crippen LogP contribution in [0.4, 0.5) is 5.69 Å². The molecule has 4 rings (SSSR count). The Bertz CT molecular complexity index is 739. The van der Waals surface area contributed by atoms with Gasteiger partial charge in [0.1, 0.15) is 17.8 Å². The molecule has 126 valence electrons. The fourth-order valence-electron chi connectivity index (χ4n) is 3.64. The Morgan fingerprint density at radius 2 is 2.25 bits per heavy atom. The van der Waals surface area contributed by atoms with Crippen molar-refractivity contribution < 1.29 is 9.53 Å². The summed E-state index contributed by atoms with van der Waals surface area (Å²) < 4.78 is 6.86. The van der Waals surface area contributed by atoms with Gasteiger partial charge in [-0.1, -0.05) is 0 Å². The van der Waals surface area contributed by atoms with Crippen molar-refractivity contribution in [2.45, 2.75) is 19.3 Å². The Labute approximate surface area is 139 Å². The molecule has 24 heavy (non-hydrogen) atoms. The van der Waals surface area contributed by atoms with Gasteiger partial charge < -0.3 is 15.4 Å². The third-order valence-electron chi connectivity index (χ3n) is 5.15.